The van der Waals surface area contributed by atoms with Crippen molar-refractivity contribution in [2.45, 2.75) is 24.6 Å². The van der Waals surface area contributed by atoms with Crippen LogP contribution in [0.2, 0.25) is 0 Å². The van der Waals surface area contributed by atoms with Gasteiger partial charge in [-0.25, -0.2) is 14.0 Å². The molecule has 29 heavy (non-hydrogen) atoms. The van der Waals surface area contributed by atoms with E-state index in [-0.39, 0.29) is 12.5 Å². The van der Waals surface area contributed by atoms with Gasteiger partial charge >= 0.3 is 12.1 Å². The Morgan fingerprint density at radius 2 is 1.76 bits per heavy atom. The van der Waals surface area contributed by atoms with Crippen LogP contribution in [0.25, 0.3) is 21.6 Å². The highest BCUT2D eigenvalue weighted by molar-refractivity contribution is 5.81. The van der Waals surface area contributed by atoms with Gasteiger partial charge in [-0.2, -0.15) is 0 Å². The number of nitrogens with one attached hydrogen (secondary N) is 1. The Hall–Kier alpha value is -3.58. The summed E-state index contributed by atoms with van der Waals surface area (Å²) >= 11 is 0. The van der Waals surface area contributed by atoms with Crippen molar-refractivity contribution in [1.29, 1.82) is 0 Å². The summed E-state index contributed by atoms with van der Waals surface area (Å²) in [5.41, 5.74) is 12.4. The molecule has 9 heteroatoms. The number of fused-ring (bicyclic) bond motifs is 3. The molecule has 2 N–H and O–H groups in total. The quantitative estimate of drug-likeness (QED) is 0.396. The topological polar surface area (TPSA) is 124 Å². The number of rotatable bonds is 8. The average molecular weight is 398 g/mol. The van der Waals surface area contributed by atoms with Gasteiger partial charge in [0.05, 0.1) is 6.54 Å². The molecule has 0 saturated carbocycles. The number of halogens is 1. The van der Waals surface area contributed by atoms with Gasteiger partial charge in [0.25, 0.3) is 0 Å². The molecule has 2 aromatic carbocycles. The van der Waals surface area contributed by atoms with Gasteiger partial charge in [0.2, 0.25) is 0 Å². The number of ether oxygens (including phenoxy) is 1. The van der Waals surface area contributed by atoms with Crippen LogP contribution < -0.4 is 5.32 Å². The third-order valence-electron chi connectivity index (χ3n) is 4.77. The number of hydrogen-bond donors (Lipinski definition) is 2. The average Bonchev–Trinajstić information content (AvgIpc) is 3.04. The number of hydrogen-bond acceptors (Lipinski definition) is 4. The van der Waals surface area contributed by atoms with Crippen LogP contribution in [0, 0.1) is 0 Å². The third-order valence-corrected chi connectivity index (χ3v) is 4.77. The molecule has 3 rings (SSSR count). The number of benzene rings is 2. The van der Waals surface area contributed by atoms with E-state index in [1.807, 2.05) is 48.5 Å². The molecule has 0 unspecified atom stereocenters. The number of alkyl carbamates (subject to hydrolysis) is 1. The van der Waals surface area contributed by atoms with E-state index in [2.05, 4.69) is 15.3 Å². The maximum Gasteiger partial charge on any atom is 0.407 e. The lowest BCUT2D eigenvalue weighted by Gasteiger charge is -2.18. The number of carboxylic acid groups (broad SMARTS) is 1. The lowest BCUT2D eigenvalue weighted by Crippen LogP contribution is -2.43. The molecule has 1 amide bonds. The molecule has 0 fully saturated rings. The third kappa shape index (κ3) is 4.64. The molecule has 1 aliphatic rings. The van der Waals surface area contributed by atoms with Gasteiger partial charge in [-0.3, -0.25) is 0 Å². The monoisotopic (exact) mass is 398 g/mol. The number of carbonyl (C=O) groups is 2. The van der Waals surface area contributed by atoms with Crippen molar-refractivity contribution < 1.29 is 23.8 Å². The predicted octanol–water partition coefficient (Wildman–Crippen LogP) is 4.02. The van der Waals surface area contributed by atoms with Crippen molar-refractivity contribution in [2.75, 3.05) is 13.2 Å². The minimum atomic E-state index is -1.69. The molecule has 2 atom stereocenters. The van der Waals surface area contributed by atoms with Gasteiger partial charge < -0.3 is 15.2 Å². The van der Waals surface area contributed by atoms with Crippen LogP contribution in [-0.4, -0.2) is 42.5 Å². The summed E-state index contributed by atoms with van der Waals surface area (Å²) in [5.74, 6) is -1.57. The summed E-state index contributed by atoms with van der Waals surface area (Å²) in [4.78, 5) is 25.8. The van der Waals surface area contributed by atoms with E-state index >= 15 is 0 Å². The van der Waals surface area contributed by atoms with Gasteiger partial charge in [-0.15, -0.1) is 0 Å². The molecule has 1 aliphatic carbocycles. The van der Waals surface area contributed by atoms with Gasteiger partial charge in [-0.05, 0) is 27.8 Å². The SMILES string of the molecule is [N-]=[N+]=NC[C@@H](F)C[C@H](NC(=O)OCC1c2ccccc2-c2ccccc21)C(=O)O. The fraction of sp³-hybridized carbons (Fsp3) is 0.300. The van der Waals surface area contributed by atoms with E-state index in [1.165, 1.54) is 0 Å². The van der Waals surface area contributed by atoms with Crippen LogP contribution in [0.3, 0.4) is 0 Å². The first-order chi connectivity index (χ1) is 14.0. The maximum absolute atomic E-state index is 13.7. The smallest absolute Gasteiger partial charge is 0.407 e. The number of alkyl halides is 1. The zero-order valence-corrected chi connectivity index (χ0v) is 15.4. The van der Waals surface area contributed by atoms with Gasteiger partial charge in [0, 0.05) is 17.3 Å². The van der Waals surface area contributed by atoms with Gasteiger partial charge in [0.15, 0.2) is 0 Å². The highest BCUT2D eigenvalue weighted by atomic mass is 19.1. The van der Waals surface area contributed by atoms with Crippen LogP contribution in [0.1, 0.15) is 23.5 Å². The summed E-state index contributed by atoms with van der Waals surface area (Å²) in [7, 11) is 0. The minimum Gasteiger partial charge on any atom is -0.480 e. The number of aliphatic carboxylic acids is 1. The molecule has 150 valence electrons. The molecular weight excluding hydrogens is 379 g/mol. The van der Waals surface area contributed by atoms with Crippen LogP contribution in [0.15, 0.2) is 53.6 Å². The van der Waals surface area contributed by atoms with Crippen LogP contribution in [0.5, 0.6) is 0 Å². The predicted molar refractivity (Wildman–Crippen MR) is 103 cm³/mol. The Labute approximate surface area is 165 Å². The van der Waals surface area contributed by atoms with E-state index in [9.17, 15) is 19.1 Å². The van der Waals surface area contributed by atoms with Crippen molar-refractivity contribution in [3.8, 4) is 11.1 Å². The minimum absolute atomic E-state index is 0.0178. The van der Waals surface area contributed by atoms with E-state index in [0.29, 0.717) is 0 Å². The van der Waals surface area contributed by atoms with Crippen molar-refractivity contribution in [1.82, 2.24) is 5.32 Å². The molecule has 0 saturated heterocycles. The molecule has 0 aromatic heterocycles. The van der Waals surface area contributed by atoms with Gasteiger partial charge in [-0.1, -0.05) is 53.6 Å². The second-order valence-electron chi connectivity index (χ2n) is 6.61. The zero-order chi connectivity index (χ0) is 20.8. The summed E-state index contributed by atoms with van der Waals surface area (Å²) < 4.78 is 19.0. The largest absolute Gasteiger partial charge is 0.480 e. The molecule has 0 heterocycles. The van der Waals surface area contributed by atoms with Crippen LogP contribution in [-0.2, 0) is 9.53 Å². The first kappa shape index (κ1) is 20.2. The van der Waals surface area contributed by atoms with Crippen molar-refractivity contribution in [2.24, 2.45) is 5.11 Å². The zero-order valence-electron chi connectivity index (χ0n) is 15.4. The fourth-order valence-electron chi connectivity index (χ4n) is 3.46. The Kier molecular flexibility index (Phi) is 6.31. The normalized spacial score (nSPS) is 14.1. The first-order valence-corrected chi connectivity index (χ1v) is 9.00. The highest BCUT2D eigenvalue weighted by Gasteiger charge is 2.30. The van der Waals surface area contributed by atoms with Crippen LogP contribution >= 0.6 is 0 Å². The van der Waals surface area contributed by atoms with E-state index in [1.54, 1.807) is 0 Å². The lowest BCUT2D eigenvalue weighted by atomic mass is 9.98. The Morgan fingerprint density at radius 1 is 1.17 bits per heavy atom. The summed E-state index contributed by atoms with van der Waals surface area (Å²) in [6.07, 6.45) is -3.17. The van der Waals surface area contributed by atoms with E-state index in [4.69, 9.17) is 10.3 Å². The number of amides is 1. The van der Waals surface area contributed by atoms with E-state index < -0.39 is 37.2 Å². The lowest BCUT2D eigenvalue weighted by molar-refractivity contribution is -0.139. The fourth-order valence-corrected chi connectivity index (χ4v) is 3.46. The second kappa shape index (κ2) is 9.07. The maximum atomic E-state index is 13.7. The highest BCUT2D eigenvalue weighted by Crippen LogP contribution is 2.44. The second-order valence-corrected chi connectivity index (χ2v) is 6.61. The van der Waals surface area contributed by atoms with Crippen molar-refractivity contribution in [3.63, 3.8) is 0 Å². The number of carboxylic acids is 1. The van der Waals surface area contributed by atoms with Crippen molar-refractivity contribution in [3.05, 3.63) is 70.1 Å². The molecule has 2 aromatic rings. The molecule has 8 nitrogen and oxygen atoms in total. The molecule has 0 spiro atoms. The Bertz CT molecular complexity index is 916. The Morgan fingerprint density at radius 3 is 2.31 bits per heavy atom. The van der Waals surface area contributed by atoms with Crippen molar-refractivity contribution >= 4 is 12.1 Å². The standard InChI is InChI=1S/C20H19FN4O4/c21-12(10-23-25-22)9-18(19(26)27)24-20(28)29-11-17-15-7-3-1-5-13(15)14-6-2-4-8-16(14)17/h1-8,12,17-18H,9-11H2,(H,24,28)(H,26,27)/t12-,18-/m0/s1. The Balaban J connectivity index is 1.64. The summed E-state index contributed by atoms with van der Waals surface area (Å²) in [6.45, 7) is -0.489. The number of nitrogens with zero attached hydrogens (tertiary/aromatic N) is 3. The van der Waals surface area contributed by atoms with E-state index in [0.717, 1.165) is 22.3 Å². The molecular formula is C20H19FN4O4. The number of carbonyl (C=O) groups excluding carboxylic acids is 1. The number of azide groups is 1. The van der Waals surface area contributed by atoms with Gasteiger partial charge in [0.1, 0.15) is 18.8 Å². The molecule has 0 bridgehead atoms. The molecule has 0 aliphatic heterocycles. The summed E-state index contributed by atoms with van der Waals surface area (Å²) in [5, 5.41) is 14.4. The summed E-state index contributed by atoms with van der Waals surface area (Å²) in [6, 6.07) is 14.1. The van der Waals surface area contributed by atoms with Crippen LogP contribution in [0.4, 0.5) is 9.18 Å². The molecule has 0 radical (unpaired) electrons. The first-order valence-electron chi connectivity index (χ1n) is 9.00.